The second kappa shape index (κ2) is 6.99. The molecule has 0 aliphatic rings. The van der Waals surface area contributed by atoms with Crippen LogP contribution >= 0.6 is 23.4 Å². The first-order valence-electron chi connectivity index (χ1n) is 6.47. The van der Waals surface area contributed by atoms with Gasteiger partial charge in [-0.2, -0.15) is 0 Å². The van der Waals surface area contributed by atoms with E-state index < -0.39 is 0 Å². The molecule has 0 bridgehead atoms. The van der Waals surface area contributed by atoms with E-state index in [4.69, 9.17) is 16.3 Å². The molecule has 0 saturated heterocycles. The van der Waals surface area contributed by atoms with Gasteiger partial charge in [0.2, 0.25) is 5.16 Å². The van der Waals surface area contributed by atoms with Gasteiger partial charge in [0.1, 0.15) is 12.4 Å². The Kier molecular flexibility index (Phi) is 5.31. The summed E-state index contributed by atoms with van der Waals surface area (Å²) in [5.74, 6) is 3.13. The Morgan fingerprint density at radius 1 is 1.40 bits per heavy atom. The van der Waals surface area contributed by atoms with E-state index in [0.29, 0.717) is 12.5 Å². The third kappa shape index (κ3) is 4.42. The molecule has 4 nitrogen and oxygen atoms in total. The molecule has 108 valence electrons. The summed E-state index contributed by atoms with van der Waals surface area (Å²) in [5.41, 5.74) is 0.995. The zero-order valence-electron chi connectivity index (χ0n) is 11.8. The van der Waals surface area contributed by atoms with Crippen molar-refractivity contribution in [3.05, 3.63) is 34.6 Å². The number of ether oxygens (including phenoxy) is 1. The monoisotopic (exact) mass is 311 g/mol. The van der Waals surface area contributed by atoms with Crippen molar-refractivity contribution in [2.75, 3.05) is 5.75 Å². The van der Waals surface area contributed by atoms with E-state index >= 15 is 0 Å². The molecule has 20 heavy (non-hydrogen) atoms. The maximum atomic E-state index is 5.97. The van der Waals surface area contributed by atoms with E-state index in [9.17, 15) is 0 Å². The number of nitrogens with one attached hydrogen (secondary N) is 1. The van der Waals surface area contributed by atoms with Crippen molar-refractivity contribution in [2.24, 2.45) is 5.92 Å². The highest BCUT2D eigenvalue weighted by molar-refractivity contribution is 7.99. The van der Waals surface area contributed by atoms with Gasteiger partial charge in [-0.25, -0.2) is 4.98 Å². The molecule has 2 rings (SSSR count). The number of aromatic amines is 1. The van der Waals surface area contributed by atoms with E-state index in [0.717, 1.165) is 33.1 Å². The Hall–Kier alpha value is -1.20. The molecule has 2 aromatic rings. The van der Waals surface area contributed by atoms with Gasteiger partial charge >= 0.3 is 0 Å². The Labute approximate surface area is 128 Å². The fourth-order valence-corrected chi connectivity index (χ4v) is 2.39. The van der Waals surface area contributed by atoms with Crippen LogP contribution in [0.4, 0.5) is 0 Å². The fraction of sp³-hybridized carbons (Fsp3) is 0.429. The van der Waals surface area contributed by atoms with Crippen molar-refractivity contribution < 1.29 is 4.74 Å². The third-order valence-corrected chi connectivity index (χ3v) is 4.26. The Balaban J connectivity index is 1.89. The molecule has 0 aliphatic heterocycles. The lowest BCUT2D eigenvalue weighted by molar-refractivity contribution is 0.296. The highest BCUT2D eigenvalue weighted by Crippen LogP contribution is 2.22. The van der Waals surface area contributed by atoms with Gasteiger partial charge in [-0.3, -0.25) is 5.10 Å². The van der Waals surface area contributed by atoms with Gasteiger partial charge in [0.05, 0.1) is 0 Å². The molecular formula is C14H18ClN3OS. The second-order valence-corrected chi connectivity index (χ2v) is 6.36. The molecule has 1 heterocycles. The highest BCUT2D eigenvalue weighted by atomic mass is 35.5. The van der Waals surface area contributed by atoms with E-state index in [1.54, 1.807) is 11.8 Å². The summed E-state index contributed by atoms with van der Waals surface area (Å²) in [5, 5.41) is 8.56. The zero-order valence-corrected chi connectivity index (χ0v) is 13.4. The van der Waals surface area contributed by atoms with Crippen LogP contribution in [-0.2, 0) is 6.61 Å². The number of hydrogen-bond acceptors (Lipinski definition) is 4. The molecule has 0 fully saturated rings. The molecular weight excluding hydrogens is 294 g/mol. The van der Waals surface area contributed by atoms with E-state index in [1.165, 1.54) is 0 Å². The minimum Gasteiger partial charge on any atom is -0.486 e. The lowest BCUT2D eigenvalue weighted by Gasteiger charge is -2.05. The molecule has 0 saturated carbocycles. The Morgan fingerprint density at radius 2 is 2.20 bits per heavy atom. The summed E-state index contributed by atoms with van der Waals surface area (Å²) in [6.45, 7) is 6.67. The van der Waals surface area contributed by atoms with Crippen molar-refractivity contribution in [1.82, 2.24) is 15.2 Å². The van der Waals surface area contributed by atoms with Gasteiger partial charge in [0.15, 0.2) is 5.82 Å². The number of halogens is 1. The third-order valence-electron chi connectivity index (χ3n) is 2.56. The minimum atomic E-state index is 0.371. The van der Waals surface area contributed by atoms with Crippen molar-refractivity contribution in [3.8, 4) is 5.75 Å². The molecule has 6 heteroatoms. The van der Waals surface area contributed by atoms with Crippen LogP contribution in [0.2, 0.25) is 5.02 Å². The number of hydrogen-bond donors (Lipinski definition) is 1. The first-order valence-corrected chi connectivity index (χ1v) is 7.84. The first kappa shape index (κ1) is 15.2. The topological polar surface area (TPSA) is 50.8 Å². The van der Waals surface area contributed by atoms with E-state index in [2.05, 4.69) is 29.0 Å². The highest BCUT2D eigenvalue weighted by Gasteiger charge is 2.06. The average molecular weight is 312 g/mol. The van der Waals surface area contributed by atoms with Crippen LogP contribution in [-0.4, -0.2) is 20.9 Å². The Bertz CT molecular complexity index is 571. The van der Waals surface area contributed by atoms with E-state index in [-0.39, 0.29) is 0 Å². The largest absolute Gasteiger partial charge is 0.486 e. The van der Waals surface area contributed by atoms with Crippen LogP contribution in [0.15, 0.2) is 23.4 Å². The molecule has 1 N–H and O–H groups in total. The number of rotatable bonds is 6. The van der Waals surface area contributed by atoms with Crippen molar-refractivity contribution in [2.45, 2.75) is 32.5 Å². The van der Waals surface area contributed by atoms with Gasteiger partial charge < -0.3 is 4.74 Å². The van der Waals surface area contributed by atoms with Crippen LogP contribution in [0.5, 0.6) is 5.75 Å². The van der Waals surface area contributed by atoms with Gasteiger partial charge in [-0.1, -0.05) is 37.2 Å². The first-order chi connectivity index (χ1) is 9.54. The normalized spacial score (nSPS) is 11.1. The molecule has 0 spiro atoms. The predicted molar refractivity (Wildman–Crippen MR) is 82.5 cm³/mol. The van der Waals surface area contributed by atoms with Crippen LogP contribution in [0.25, 0.3) is 0 Å². The number of aryl methyl sites for hydroxylation is 1. The minimum absolute atomic E-state index is 0.371. The van der Waals surface area contributed by atoms with Crippen LogP contribution in [0.3, 0.4) is 0 Å². The lowest BCUT2D eigenvalue weighted by atomic mass is 10.2. The number of aromatic nitrogens is 3. The molecule has 0 radical (unpaired) electrons. The predicted octanol–water partition coefficient (Wildman–Crippen LogP) is 4.09. The number of thioether (sulfide) groups is 1. The zero-order chi connectivity index (χ0) is 14.5. The van der Waals surface area contributed by atoms with Gasteiger partial charge in [0.25, 0.3) is 0 Å². The summed E-state index contributed by atoms with van der Waals surface area (Å²) < 4.78 is 5.67. The average Bonchev–Trinajstić information content (AvgIpc) is 2.86. The molecule has 1 aromatic heterocycles. The molecule has 0 aliphatic carbocycles. The molecule has 1 aromatic carbocycles. The van der Waals surface area contributed by atoms with Crippen LogP contribution < -0.4 is 4.74 Å². The summed E-state index contributed by atoms with van der Waals surface area (Å²) in [6.07, 6.45) is 0. The smallest absolute Gasteiger partial charge is 0.208 e. The van der Waals surface area contributed by atoms with Gasteiger partial charge in [-0.05, 0) is 36.6 Å². The summed E-state index contributed by atoms with van der Waals surface area (Å²) in [6, 6.07) is 5.59. The fourth-order valence-electron chi connectivity index (χ4n) is 1.51. The Morgan fingerprint density at radius 3 is 2.90 bits per heavy atom. The summed E-state index contributed by atoms with van der Waals surface area (Å²) in [4.78, 5) is 4.38. The van der Waals surface area contributed by atoms with Crippen LogP contribution in [0, 0.1) is 12.8 Å². The van der Waals surface area contributed by atoms with Crippen molar-refractivity contribution in [3.63, 3.8) is 0 Å². The molecule has 0 unspecified atom stereocenters. The van der Waals surface area contributed by atoms with Crippen molar-refractivity contribution in [1.29, 1.82) is 0 Å². The maximum absolute atomic E-state index is 5.97. The summed E-state index contributed by atoms with van der Waals surface area (Å²) in [7, 11) is 0. The molecule has 0 amide bonds. The van der Waals surface area contributed by atoms with Crippen molar-refractivity contribution >= 4 is 23.4 Å². The van der Waals surface area contributed by atoms with Crippen LogP contribution in [0.1, 0.15) is 25.2 Å². The SMILES string of the molecule is Cc1cc(OCc2nc(SCC(C)C)n[nH]2)ccc1Cl. The number of nitrogens with zero attached hydrogens (tertiary/aromatic N) is 2. The van der Waals surface area contributed by atoms with Gasteiger partial charge in [0, 0.05) is 10.8 Å². The van der Waals surface area contributed by atoms with Gasteiger partial charge in [-0.15, -0.1) is 5.10 Å². The maximum Gasteiger partial charge on any atom is 0.208 e. The lowest BCUT2D eigenvalue weighted by Crippen LogP contribution is -1.98. The number of H-pyrrole nitrogens is 1. The second-order valence-electron chi connectivity index (χ2n) is 4.97. The quantitative estimate of drug-likeness (QED) is 0.816. The standard InChI is InChI=1S/C14H18ClN3OS/c1-9(2)8-20-14-16-13(17-18-14)7-19-11-4-5-12(15)10(3)6-11/h4-6,9H,7-8H2,1-3H3,(H,16,17,18). The summed E-state index contributed by atoms with van der Waals surface area (Å²) >= 11 is 7.62. The van der Waals surface area contributed by atoms with E-state index in [1.807, 2.05) is 25.1 Å². The molecule has 0 atom stereocenters. The number of benzene rings is 1.